The third kappa shape index (κ3) is 2.62. The number of halogens is 3. The number of hydrogen-bond donors (Lipinski definition) is 1. The summed E-state index contributed by atoms with van der Waals surface area (Å²) in [6.07, 6.45) is -4.28. The Morgan fingerprint density at radius 1 is 1.29 bits per heavy atom. The summed E-state index contributed by atoms with van der Waals surface area (Å²) in [5.74, 6) is 0. The van der Waals surface area contributed by atoms with Crippen LogP contribution in [0.2, 0.25) is 0 Å². The SMILES string of the molecule is OC(c1cccc(C(F)(F)F)c1)c1cnsn1. The molecular formula is C10H7F3N2OS. The van der Waals surface area contributed by atoms with Gasteiger partial charge in [-0.25, -0.2) is 0 Å². The Morgan fingerprint density at radius 2 is 2.06 bits per heavy atom. The molecule has 7 heteroatoms. The van der Waals surface area contributed by atoms with Crippen LogP contribution in [0.1, 0.15) is 22.9 Å². The number of aliphatic hydroxyl groups excluding tert-OH is 1. The number of nitrogens with zero attached hydrogens (tertiary/aromatic N) is 2. The normalized spacial score (nSPS) is 13.6. The second-order valence-electron chi connectivity index (χ2n) is 3.36. The number of aliphatic hydroxyl groups is 1. The maximum Gasteiger partial charge on any atom is 0.416 e. The summed E-state index contributed by atoms with van der Waals surface area (Å²) in [5.41, 5.74) is -0.404. The summed E-state index contributed by atoms with van der Waals surface area (Å²) in [7, 11) is 0. The minimum Gasteiger partial charge on any atom is -0.382 e. The van der Waals surface area contributed by atoms with Gasteiger partial charge in [-0.05, 0) is 17.7 Å². The molecule has 1 unspecified atom stereocenters. The van der Waals surface area contributed by atoms with Gasteiger partial charge in [0.05, 0.1) is 23.5 Å². The molecule has 1 N–H and O–H groups in total. The topological polar surface area (TPSA) is 46.0 Å². The van der Waals surface area contributed by atoms with Gasteiger partial charge >= 0.3 is 6.18 Å². The zero-order valence-electron chi connectivity index (χ0n) is 8.35. The summed E-state index contributed by atoms with van der Waals surface area (Å²) in [6, 6.07) is 4.53. The van der Waals surface area contributed by atoms with E-state index in [4.69, 9.17) is 0 Å². The van der Waals surface area contributed by atoms with Crippen molar-refractivity contribution in [1.29, 1.82) is 0 Å². The monoisotopic (exact) mass is 260 g/mol. The molecule has 0 saturated carbocycles. The summed E-state index contributed by atoms with van der Waals surface area (Å²) in [6.45, 7) is 0. The molecular weight excluding hydrogens is 253 g/mol. The van der Waals surface area contributed by atoms with Crippen molar-refractivity contribution in [3.8, 4) is 0 Å². The van der Waals surface area contributed by atoms with Gasteiger partial charge in [0.15, 0.2) is 0 Å². The van der Waals surface area contributed by atoms with Crippen LogP contribution in [0.3, 0.4) is 0 Å². The molecule has 0 aliphatic heterocycles. The molecule has 0 fully saturated rings. The highest BCUT2D eigenvalue weighted by atomic mass is 32.1. The van der Waals surface area contributed by atoms with Crippen LogP contribution in [-0.2, 0) is 6.18 Å². The van der Waals surface area contributed by atoms with Crippen LogP contribution in [0.15, 0.2) is 30.5 Å². The van der Waals surface area contributed by atoms with Crippen molar-refractivity contribution in [2.75, 3.05) is 0 Å². The molecule has 17 heavy (non-hydrogen) atoms. The number of rotatable bonds is 2. The van der Waals surface area contributed by atoms with Crippen molar-refractivity contribution in [2.45, 2.75) is 12.3 Å². The van der Waals surface area contributed by atoms with E-state index < -0.39 is 17.8 Å². The maximum absolute atomic E-state index is 12.5. The number of benzene rings is 1. The van der Waals surface area contributed by atoms with Crippen molar-refractivity contribution in [2.24, 2.45) is 0 Å². The molecule has 2 rings (SSSR count). The molecule has 0 saturated heterocycles. The highest BCUT2D eigenvalue weighted by Crippen LogP contribution is 2.31. The Kier molecular flexibility index (Phi) is 3.12. The van der Waals surface area contributed by atoms with Crippen LogP contribution in [0.25, 0.3) is 0 Å². The molecule has 90 valence electrons. The van der Waals surface area contributed by atoms with Crippen LogP contribution in [-0.4, -0.2) is 13.9 Å². The van der Waals surface area contributed by atoms with Gasteiger partial charge in [0.25, 0.3) is 0 Å². The van der Waals surface area contributed by atoms with Crippen LogP contribution in [0.5, 0.6) is 0 Å². The molecule has 0 radical (unpaired) electrons. The maximum atomic E-state index is 12.5. The van der Waals surface area contributed by atoms with Gasteiger partial charge in [-0.1, -0.05) is 12.1 Å². The minimum atomic E-state index is -4.42. The molecule has 0 bridgehead atoms. The van der Waals surface area contributed by atoms with Gasteiger partial charge in [-0.15, -0.1) is 0 Å². The zero-order chi connectivity index (χ0) is 12.5. The quantitative estimate of drug-likeness (QED) is 0.902. The Bertz CT molecular complexity index is 499. The Morgan fingerprint density at radius 3 is 2.65 bits per heavy atom. The standard InChI is InChI=1S/C10H7F3N2OS/c11-10(12,13)7-3-1-2-6(4-7)9(16)8-5-14-17-15-8/h1-5,9,16H. The van der Waals surface area contributed by atoms with Gasteiger partial charge in [-0.3, -0.25) is 0 Å². The first kappa shape index (κ1) is 12.0. The first-order valence-corrected chi connectivity index (χ1v) is 5.34. The van der Waals surface area contributed by atoms with E-state index in [0.717, 1.165) is 23.9 Å². The highest BCUT2D eigenvalue weighted by molar-refractivity contribution is 6.99. The molecule has 3 nitrogen and oxygen atoms in total. The second kappa shape index (κ2) is 4.42. The predicted octanol–water partition coefficient (Wildman–Crippen LogP) is 2.64. The van der Waals surface area contributed by atoms with Crippen molar-refractivity contribution in [1.82, 2.24) is 8.75 Å². The van der Waals surface area contributed by atoms with E-state index in [1.807, 2.05) is 0 Å². The van der Waals surface area contributed by atoms with Crippen LogP contribution < -0.4 is 0 Å². The van der Waals surface area contributed by atoms with Gasteiger partial charge in [-0.2, -0.15) is 21.9 Å². The van der Waals surface area contributed by atoms with Crippen molar-refractivity contribution in [3.63, 3.8) is 0 Å². The second-order valence-corrected chi connectivity index (χ2v) is 3.91. The third-order valence-corrected chi connectivity index (χ3v) is 2.68. The van der Waals surface area contributed by atoms with E-state index in [2.05, 4.69) is 8.75 Å². The van der Waals surface area contributed by atoms with Gasteiger partial charge in [0.2, 0.25) is 0 Å². The van der Waals surface area contributed by atoms with E-state index in [1.165, 1.54) is 18.3 Å². The predicted molar refractivity (Wildman–Crippen MR) is 55.4 cm³/mol. The lowest BCUT2D eigenvalue weighted by Gasteiger charge is -2.11. The average molecular weight is 260 g/mol. The lowest BCUT2D eigenvalue weighted by Crippen LogP contribution is -2.07. The molecule has 0 spiro atoms. The first-order chi connectivity index (χ1) is 7.98. The fourth-order valence-electron chi connectivity index (χ4n) is 1.35. The molecule has 1 aromatic carbocycles. The lowest BCUT2D eigenvalue weighted by atomic mass is 10.0. The lowest BCUT2D eigenvalue weighted by molar-refractivity contribution is -0.137. The molecule has 2 aromatic rings. The highest BCUT2D eigenvalue weighted by Gasteiger charge is 2.31. The van der Waals surface area contributed by atoms with Crippen LogP contribution in [0, 0.1) is 0 Å². The average Bonchev–Trinajstić information content (AvgIpc) is 2.80. The molecule has 1 aromatic heterocycles. The minimum absolute atomic E-state index is 0.146. The fourth-order valence-corrected chi connectivity index (χ4v) is 1.79. The molecule has 1 heterocycles. The van der Waals surface area contributed by atoms with Crippen molar-refractivity contribution in [3.05, 3.63) is 47.3 Å². The van der Waals surface area contributed by atoms with Gasteiger partial charge in [0.1, 0.15) is 11.8 Å². The number of hydrogen-bond acceptors (Lipinski definition) is 4. The first-order valence-electron chi connectivity index (χ1n) is 4.61. The van der Waals surface area contributed by atoms with Gasteiger partial charge < -0.3 is 5.11 Å². The third-order valence-electron chi connectivity index (χ3n) is 2.19. The smallest absolute Gasteiger partial charge is 0.382 e. The summed E-state index contributed by atoms with van der Waals surface area (Å²) >= 11 is 0.890. The van der Waals surface area contributed by atoms with E-state index in [1.54, 1.807) is 0 Å². The van der Waals surface area contributed by atoms with Crippen LogP contribution >= 0.6 is 11.7 Å². The van der Waals surface area contributed by atoms with E-state index in [9.17, 15) is 18.3 Å². The van der Waals surface area contributed by atoms with Gasteiger partial charge in [0, 0.05) is 0 Å². The Labute approximate surface area is 98.9 Å². The van der Waals surface area contributed by atoms with E-state index in [0.29, 0.717) is 0 Å². The summed E-state index contributed by atoms with van der Waals surface area (Å²) in [4.78, 5) is 0. The van der Waals surface area contributed by atoms with E-state index in [-0.39, 0.29) is 11.3 Å². The molecule has 0 amide bonds. The fraction of sp³-hybridized carbons (Fsp3) is 0.200. The zero-order valence-corrected chi connectivity index (χ0v) is 9.16. The Balaban J connectivity index is 2.34. The largest absolute Gasteiger partial charge is 0.416 e. The Hall–Kier alpha value is -1.47. The molecule has 0 aliphatic carbocycles. The van der Waals surface area contributed by atoms with Crippen molar-refractivity contribution >= 4 is 11.7 Å². The summed E-state index contributed by atoms with van der Waals surface area (Å²) < 4.78 is 44.9. The van der Waals surface area contributed by atoms with Crippen LogP contribution in [0.4, 0.5) is 13.2 Å². The molecule has 1 atom stereocenters. The molecule has 0 aliphatic rings. The number of aromatic nitrogens is 2. The van der Waals surface area contributed by atoms with Crippen molar-refractivity contribution < 1.29 is 18.3 Å². The summed E-state index contributed by atoms with van der Waals surface area (Å²) in [5, 5.41) is 9.81. The number of alkyl halides is 3. The van der Waals surface area contributed by atoms with E-state index >= 15 is 0 Å².